The van der Waals surface area contributed by atoms with Crippen LogP contribution in [0.4, 0.5) is 0 Å². The van der Waals surface area contributed by atoms with Crippen LogP contribution in [0.2, 0.25) is 0 Å². The van der Waals surface area contributed by atoms with Gasteiger partial charge >= 0.3 is 0 Å². The van der Waals surface area contributed by atoms with Gasteiger partial charge in [0, 0.05) is 10.6 Å². The van der Waals surface area contributed by atoms with E-state index in [9.17, 15) is 0 Å². The molecule has 0 N–H and O–H groups in total. The minimum atomic E-state index is 0.438. The Hall–Kier alpha value is 0.830. The maximum Gasteiger partial charge on any atom is 0.00905 e. The number of halogens is 1. The highest BCUT2D eigenvalue weighted by molar-refractivity contribution is 9.09. The maximum atomic E-state index is 3.54. The second-order valence-corrected chi connectivity index (χ2v) is 6.48. The van der Waals surface area contributed by atoms with Crippen LogP contribution < -0.4 is 0 Å². The first-order chi connectivity index (χ1) is 5.39. The molecule has 0 radical (unpaired) electrons. The van der Waals surface area contributed by atoms with Gasteiger partial charge < -0.3 is 0 Å². The Balaban J connectivity index is 3.67. The van der Waals surface area contributed by atoms with Crippen LogP contribution in [0, 0.1) is 11.3 Å². The van der Waals surface area contributed by atoms with Crippen molar-refractivity contribution < 1.29 is 0 Å². The molecule has 0 spiro atoms. The van der Waals surface area contributed by atoms with Gasteiger partial charge in [0.1, 0.15) is 0 Å². The summed E-state index contributed by atoms with van der Waals surface area (Å²) in [4.78, 5) is 0. The molecule has 0 aliphatic carbocycles. The van der Waals surface area contributed by atoms with Gasteiger partial charge in [-0.05, 0) is 17.1 Å². The van der Waals surface area contributed by atoms with E-state index in [4.69, 9.17) is 0 Å². The van der Waals surface area contributed by atoms with Crippen LogP contribution in [0.15, 0.2) is 0 Å². The van der Waals surface area contributed by atoms with E-state index >= 15 is 0 Å². The standard InChI is InChI=1S/C10H21BrS/c1-8(2)9(3)12-7-10(4,5)6-11/h8-9H,6-7H2,1-5H3. The molecule has 0 amide bonds. The molecule has 0 aromatic heterocycles. The van der Waals surface area contributed by atoms with Gasteiger partial charge in [0.2, 0.25) is 0 Å². The SMILES string of the molecule is CC(C)C(C)SCC(C)(C)CBr. The molecule has 0 fully saturated rings. The van der Waals surface area contributed by atoms with Gasteiger partial charge in [0.05, 0.1) is 0 Å². The van der Waals surface area contributed by atoms with Crippen molar-refractivity contribution in [3.05, 3.63) is 0 Å². The number of hydrogen-bond donors (Lipinski definition) is 0. The van der Waals surface area contributed by atoms with E-state index in [-0.39, 0.29) is 0 Å². The van der Waals surface area contributed by atoms with Gasteiger partial charge in [-0.1, -0.05) is 50.5 Å². The molecule has 0 saturated heterocycles. The van der Waals surface area contributed by atoms with Crippen molar-refractivity contribution in [1.29, 1.82) is 0 Å². The molecule has 0 aliphatic heterocycles. The quantitative estimate of drug-likeness (QED) is 0.662. The lowest BCUT2D eigenvalue weighted by atomic mass is 10.0. The molecule has 74 valence electrons. The summed E-state index contributed by atoms with van der Waals surface area (Å²) in [6.45, 7) is 11.5. The first kappa shape index (κ1) is 12.8. The summed E-state index contributed by atoms with van der Waals surface area (Å²) in [7, 11) is 0. The van der Waals surface area contributed by atoms with Gasteiger partial charge in [-0.25, -0.2) is 0 Å². The molecule has 12 heavy (non-hydrogen) atoms. The molecule has 1 atom stereocenters. The maximum absolute atomic E-state index is 3.54. The molecule has 0 aromatic carbocycles. The Morgan fingerprint density at radius 3 is 2.08 bits per heavy atom. The zero-order valence-electron chi connectivity index (χ0n) is 8.86. The number of thioether (sulfide) groups is 1. The molecule has 0 aliphatic rings. The summed E-state index contributed by atoms with van der Waals surface area (Å²) in [6.07, 6.45) is 0. The molecule has 2 heteroatoms. The summed E-state index contributed by atoms with van der Waals surface area (Å²) < 4.78 is 0. The predicted octanol–water partition coefficient (Wildman–Crippen LogP) is 4.19. The molecule has 0 heterocycles. The summed E-state index contributed by atoms with van der Waals surface area (Å²) in [5.74, 6) is 2.04. The van der Waals surface area contributed by atoms with Crippen LogP contribution in [-0.2, 0) is 0 Å². The molecule has 0 rings (SSSR count). The van der Waals surface area contributed by atoms with E-state index in [0.717, 1.165) is 16.5 Å². The number of rotatable bonds is 5. The van der Waals surface area contributed by atoms with Crippen LogP contribution in [-0.4, -0.2) is 16.3 Å². The van der Waals surface area contributed by atoms with Crippen molar-refractivity contribution in [3.63, 3.8) is 0 Å². The summed E-state index contributed by atoms with van der Waals surface area (Å²) >= 11 is 5.63. The van der Waals surface area contributed by atoms with Crippen molar-refractivity contribution in [2.75, 3.05) is 11.1 Å². The zero-order valence-corrected chi connectivity index (χ0v) is 11.3. The smallest absolute Gasteiger partial charge is 0.00905 e. The third-order valence-electron chi connectivity index (χ3n) is 2.04. The van der Waals surface area contributed by atoms with E-state index in [0.29, 0.717) is 5.41 Å². The second-order valence-electron chi connectivity index (χ2n) is 4.56. The van der Waals surface area contributed by atoms with Gasteiger partial charge in [0.25, 0.3) is 0 Å². The highest BCUT2D eigenvalue weighted by Gasteiger charge is 2.18. The van der Waals surface area contributed by atoms with Crippen LogP contribution in [0.1, 0.15) is 34.6 Å². The third-order valence-corrected chi connectivity index (χ3v) is 5.57. The molecule has 0 saturated carbocycles. The van der Waals surface area contributed by atoms with E-state index in [1.165, 1.54) is 5.75 Å². The minimum Gasteiger partial charge on any atom is -0.158 e. The summed E-state index contributed by atoms with van der Waals surface area (Å²) in [5.41, 5.74) is 0.438. The lowest BCUT2D eigenvalue weighted by molar-refractivity contribution is 0.493. The monoisotopic (exact) mass is 252 g/mol. The largest absolute Gasteiger partial charge is 0.158 e. The van der Waals surface area contributed by atoms with E-state index in [1.807, 2.05) is 0 Å². The van der Waals surface area contributed by atoms with Crippen LogP contribution in [0.5, 0.6) is 0 Å². The topological polar surface area (TPSA) is 0 Å². The summed E-state index contributed by atoms with van der Waals surface area (Å²) in [5, 5.41) is 1.88. The Labute approximate surface area is 90.0 Å². The Kier molecular flexibility index (Phi) is 5.92. The van der Waals surface area contributed by atoms with E-state index in [2.05, 4.69) is 62.3 Å². The lowest BCUT2D eigenvalue weighted by Crippen LogP contribution is -2.19. The molecule has 0 nitrogen and oxygen atoms in total. The molecule has 0 bridgehead atoms. The first-order valence-corrected chi connectivity index (χ1v) is 6.73. The Morgan fingerprint density at radius 2 is 1.75 bits per heavy atom. The Bertz CT molecular complexity index is 121. The average molecular weight is 253 g/mol. The fraction of sp³-hybridized carbons (Fsp3) is 1.00. The third kappa shape index (κ3) is 5.47. The van der Waals surface area contributed by atoms with E-state index in [1.54, 1.807) is 0 Å². The van der Waals surface area contributed by atoms with Crippen molar-refractivity contribution in [3.8, 4) is 0 Å². The summed E-state index contributed by atoms with van der Waals surface area (Å²) in [6, 6.07) is 0. The van der Waals surface area contributed by atoms with Gasteiger partial charge in [0.15, 0.2) is 0 Å². The predicted molar refractivity (Wildman–Crippen MR) is 64.3 cm³/mol. The van der Waals surface area contributed by atoms with Crippen LogP contribution in [0.3, 0.4) is 0 Å². The number of alkyl halides is 1. The molecule has 0 aromatic rings. The minimum absolute atomic E-state index is 0.438. The lowest BCUT2D eigenvalue weighted by Gasteiger charge is -2.24. The van der Waals surface area contributed by atoms with Crippen LogP contribution in [0.25, 0.3) is 0 Å². The zero-order chi connectivity index (χ0) is 9.78. The Morgan fingerprint density at radius 1 is 1.25 bits per heavy atom. The normalized spacial score (nSPS) is 15.2. The van der Waals surface area contributed by atoms with Gasteiger partial charge in [-0.2, -0.15) is 11.8 Å². The number of hydrogen-bond acceptors (Lipinski definition) is 1. The second kappa shape index (κ2) is 5.54. The van der Waals surface area contributed by atoms with Crippen molar-refractivity contribution in [2.45, 2.75) is 39.9 Å². The van der Waals surface area contributed by atoms with Crippen molar-refractivity contribution in [1.82, 2.24) is 0 Å². The van der Waals surface area contributed by atoms with Gasteiger partial charge in [-0.3, -0.25) is 0 Å². The first-order valence-electron chi connectivity index (χ1n) is 4.56. The van der Waals surface area contributed by atoms with Crippen molar-refractivity contribution in [2.24, 2.45) is 11.3 Å². The highest BCUT2D eigenvalue weighted by atomic mass is 79.9. The van der Waals surface area contributed by atoms with E-state index < -0.39 is 0 Å². The van der Waals surface area contributed by atoms with Crippen molar-refractivity contribution >= 4 is 27.7 Å². The average Bonchev–Trinajstić information content (AvgIpc) is 2.00. The molecule has 1 unspecified atom stereocenters. The fourth-order valence-corrected chi connectivity index (χ4v) is 2.25. The molecular formula is C10H21BrS. The highest BCUT2D eigenvalue weighted by Crippen LogP contribution is 2.28. The fourth-order valence-electron chi connectivity index (χ4n) is 0.588. The molecular weight excluding hydrogens is 232 g/mol. The van der Waals surface area contributed by atoms with Gasteiger partial charge in [-0.15, -0.1) is 0 Å². The van der Waals surface area contributed by atoms with Crippen LogP contribution >= 0.6 is 27.7 Å².